The van der Waals surface area contributed by atoms with Crippen LogP contribution in [0.25, 0.3) is 39.1 Å². The highest BCUT2D eigenvalue weighted by atomic mass is 16.5. The number of methoxy groups -OCH3 is 1. The third kappa shape index (κ3) is 5.56. The number of anilines is 1. The monoisotopic (exact) mass is 713 g/mol. The zero-order valence-corrected chi connectivity index (χ0v) is 31.8. The summed E-state index contributed by atoms with van der Waals surface area (Å²) in [5.74, 6) is 2.56. The number of fused-ring (bicyclic) bond motifs is 8. The van der Waals surface area contributed by atoms with Gasteiger partial charge in [-0.15, -0.1) is 0 Å². The summed E-state index contributed by atoms with van der Waals surface area (Å²) in [6, 6.07) is 41.4. The molecule has 1 fully saturated rings. The van der Waals surface area contributed by atoms with Crippen molar-refractivity contribution in [1.29, 1.82) is 0 Å². The van der Waals surface area contributed by atoms with Crippen LogP contribution in [-0.4, -0.2) is 39.5 Å². The van der Waals surface area contributed by atoms with E-state index < -0.39 is 5.60 Å². The van der Waals surface area contributed by atoms with E-state index in [4.69, 9.17) is 18.9 Å². The Balaban J connectivity index is 1.27. The predicted octanol–water partition coefficient (Wildman–Crippen LogP) is 11.2. The number of rotatable bonds is 8. The standard InChI is InChI=1S/C49H47NO4/c1-6-32(2)53-39-20-15-36(16-21-39)49(35-13-18-38(51-5)19-14-35)25-24-42-46-45(41-22-12-34(30-44(41)48(46,3)4)33-10-8-7-9-11-33)43-31-37(50-26-28-52-29-27-50)17-23-40(43)47(42)54-49/h7-25,30-32H,6,26-29H2,1-5H3. The van der Waals surface area contributed by atoms with Crippen LogP contribution in [0.15, 0.2) is 121 Å². The maximum absolute atomic E-state index is 7.61. The SMILES string of the molecule is CCC(C)Oc1ccc(C2(c3ccc(OC)cc3)C=Cc3c4c(c5cc(N6CCOCC6)ccc5c3O2)-c2ccc(-c3ccccc3)cc2C4(C)C)cc1. The topological polar surface area (TPSA) is 40.2 Å². The van der Waals surface area contributed by atoms with Gasteiger partial charge in [-0.2, -0.15) is 0 Å². The number of ether oxygens (including phenoxy) is 4. The fourth-order valence-electron chi connectivity index (χ4n) is 8.71. The number of hydrogen-bond donors (Lipinski definition) is 0. The molecule has 2 unspecified atom stereocenters. The van der Waals surface area contributed by atoms with E-state index >= 15 is 0 Å². The normalized spacial score (nSPS) is 18.7. The second-order valence-corrected chi connectivity index (χ2v) is 15.3. The Morgan fingerprint density at radius 3 is 2.15 bits per heavy atom. The molecular formula is C49H47NO4. The minimum absolute atomic E-state index is 0.135. The first kappa shape index (κ1) is 34.3. The van der Waals surface area contributed by atoms with Crippen LogP contribution in [0.4, 0.5) is 5.69 Å². The van der Waals surface area contributed by atoms with Crippen molar-refractivity contribution in [3.8, 4) is 39.5 Å². The molecule has 5 nitrogen and oxygen atoms in total. The zero-order valence-electron chi connectivity index (χ0n) is 31.8. The second kappa shape index (κ2) is 13.4. The number of hydrogen-bond acceptors (Lipinski definition) is 5. The molecule has 1 saturated heterocycles. The van der Waals surface area contributed by atoms with E-state index in [9.17, 15) is 0 Å². The summed E-state index contributed by atoms with van der Waals surface area (Å²) in [5.41, 5.74) is 10.9. The zero-order chi connectivity index (χ0) is 37.0. The Morgan fingerprint density at radius 2 is 1.46 bits per heavy atom. The summed E-state index contributed by atoms with van der Waals surface area (Å²) in [6.45, 7) is 12.2. The molecular weight excluding hydrogens is 667 g/mol. The molecule has 54 heavy (non-hydrogen) atoms. The van der Waals surface area contributed by atoms with Gasteiger partial charge in [0.05, 0.1) is 26.4 Å². The summed E-state index contributed by atoms with van der Waals surface area (Å²) >= 11 is 0. The molecule has 0 N–H and O–H groups in total. The lowest BCUT2D eigenvalue weighted by atomic mass is 9.76. The number of nitrogens with zero attached hydrogens (tertiary/aromatic N) is 1. The van der Waals surface area contributed by atoms with Gasteiger partial charge in [0.1, 0.15) is 17.2 Å². The summed E-state index contributed by atoms with van der Waals surface area (Å²) < 4.78 is 25.2. The summed E-state index contributed by atoms with van der Waals surface area (Å²) in [4.78, 5) is 2.44. The second-order valence-electron chi connectivity index (χ2n) is 15.3. The minimum Gasteiger partial charge on any atom is -0.497 e. The van der Waals surface area contributed by atoms with Crippen molar-refractivity contribution in [2.45, 2.75) is 51.2 Å². The fourth-order valence-corrected chi connectivity index (χ4v) is 8.71. The van der Waals surface area contributed by atoms with Crippen LogP contribution in [0, 0.1) is 0 Å². The molecule has 0 bridgehead atoms. The van der Waals surface area contributed by atoms with Crippen molar-refractivity contribution >= 4 is 22.5 Å². The molecule has 6 aromatic carbocycles. The van der Waals surface area contributed by atoms with Gasteiger partial charge < -0.3 is 23.8 Å². The molecule has 5 heteroatoms. The van der Waals surface area contributed by atoms with E-state index in [0.717, 1.165) is 72.0 Å². The molecule has 2 atom stereocenters. The van der Waals surface area contributed by atoms with E-state index in [2.05, 4.69) is 148 Å². The van der Waals surface area contributed by atoms with Gasteiger partial charge in [0.15, 0.2) is 5.60 Å². The number of morpholine rings is 1. The van der Waals surface area contributed by atoms with Crippen molar-refractivity contribution < 1.29 is 18.9 Å². The van der Waals surface area contributed by atoms with Gasteiger partial charge in [-0.3, -0.25) is 0 Å². The first-order chi connectivity index (χ1) is 26.3. The van der Waals surface area contributed by atoms with Gasteiger partial charge >= 0.3 is 0 Å². The highest BCUT2D eigenvalue weighted by Gasteiger charge is 2.44. The highest BCUT2D eigenvalue weighted by Crippen LogP contribution is 2.59. The molecule has 0 spiro atoms. The van der Waals surface area contributed by atoms with Crippen LogP contribution in [0.1, 0.15) is 61.9 Å². The van der Waals surface area contributed by atoms with Crippen LogP contribution < -0.4 is 19.1 Å². The average Bonchev–Trinajstić information content (AvgIpc) is 3.47. The van der Waals surface area contributed by atoms with E-state index in [1.807, 2.05) is 12.1 Å². The fraction of sp³-hybridized carbons (Fsp3) is 0.265. The van der Waals surface area contributed by atoms with Crippen molar-refractivity contribution in [3.05, 3.63) is 149 Å². The largest absolute Gasteiger partial charge is 0.497 e. The molecule has 0 amide bonds. The smallest absolute Gasteiger partial charge is 0.178 e. The molecule has 3 aliphatic rings. The molecule has 6 aromatic rings. The first-order valence-electron chi connectivity index (χ1n) is 19.3. The van der Waals surface area contributed by atoms with Crippen LogP contribution in [0.5, 0.6) is 17.2 Å². The van der Waals surface area contributed by atoms with Crippen LogP contribution in [0.2, 0.25) is 0 Å². The van der Waals surface area contributed by atoms with Gasteiger partial charge in [-0.05, 0) is 107 Å². The lowest BCUT2D eigenvalue weighted by Gasteiger charge is -2.38. The van der Waals surface area contributed by atoms with Gasteiger partial charge in [-0.25, -0.2) is 0 Å². The van der Waals surface area contributed by atoms with E-state index in [1.165, 1.54) is 44.5 Å². The van der Waals surface area contributed by atoms with Crippen molar-refractivity contribution in [3.63, 3.8) is 0 Å². The Kier molecular flexibility index (Phi) is 8.50. The Labute approximate surface area is 318 Å². The third-order valence-electron chi connectivity index (χ3n) is 11.8. The third-order valence-corrected chi connectivity index (χ3v) is 11.8. The van der Waals surface area contributed by atoms with Gasteiger partial charge in [0.2, 0.25) is 0 Å². The molecule has 2 heterocycles. The average molecular weight is 714 g/mol. The van der Waals surface area contributed by atoms with E-state index in [0.29, 0.717) is 0 Å². The van der Waals surface area contributed by atoms with Crippen molar-refractivity contribution in [2.24, 2.45) is 0 Å². The highest BCUT2D eigenvalue weighted by molar-refractivity contribution is 6.09. The lowest BCUT2D eigenvalue weighted by molar-refractivity contribution is 0.122. The van der Waals surface area contributed by atoms with Crippen molar-refractivity contribution in [1.82, 2.24) is 0 Å². The van der Waals surface area contributed by atoms with Gasteiger partial charge in [0, 0.05) is 46.3 Å². The summed E-state index contributed by atoms with van der Waals surface area (Å²) in [7, 11) is 1.70. The molecule has 9 rings (SSSR count). The lowest BCUT2D eigenvalue weighted by Crippen LogP contribution is -2.36. The molecule has 1 aliphatic carbocycles. The molecule has 0 radical (unpaired) electrons. The van der Waals surface area contributed by atoms with Gasteiger partial charge in [0.25, 0.3) is 0 Å². The molecule has 0 saturated carbocycles. The quantitative estimate of drug-likeness (QED) is 0.157. The van der Waals surface area contributed by atoms with E-state index in [-0.39, 0.29) is 11.5 Å². The van der Waals surface area contributed by atoms with Crippen molar-refractivity contribution in [2.75, 3.05) is 38.3 Å². The maximum atomic E-state index is 7.61. The van der Waals surface area contributed by atoms with Crippen LogP contribution >= 0.6 is 0 Å². The Hall–Kier alpha value is -5.52. The minimum atomic E-state index is -0.895. The number of benzene rings is 6. The molecule has 2 aliphatic heterocycles. The Morgan fingerprint density at radius 1 is 0.759 bits per heavy atom. The van der Waals surface area contributed by atoms with Crippen LogP contribution in [0.3, 0.4) is 0 Å². The summed E-state index contributed by atoms with van der Waals surface area (Å²) in [6.07, 6.45) is 5.66. The van der Waals surface area contributed by atoms with Gasteiger partial charge in [-0.1, -0.05) is 93.6 Å². The Bertz CT molecular complexity index is 2370. The summed E-state index contributed by atoms with van der Waals surface area (Å²) in [5, 5.41) is 2.32. The molecule has 272 valence electrons. The van der Waals surface area contributed by atoms with Crippen LogP contribution in [-0.2, 0) is 15.8 Å². The predicted molar refractivity (Wildman–Crippen MR) is 220 cm³/mol. The van der Waals surface area contributed by atoms with E-state index in [1.54, 1.807) is 7.11 Å². The maximum Gasteiger partial charge on any atom is 0.178 e. The first-order valence-corrected chi connectivity index (χ1v) is 19.3. The molecule has 0 aromatic heterocycles.